The first-order valence-corrected chi connectivity index (χ1v) is 9.19. The molecule has 0 saturated carbocycles. The fourth-order valence-electron chi connectivity index (χ4n) is 1.75. The summed E-state index contributed by atoms with van der Waals surface area (Å²) in [5.41, 5.74) is 0. The number of sulfonamides is 1. The molecule has 0 radical (unpaired) electrons. The summed E-state index contributed by atoms with van der Waals surface area (Å²) in [6, 6.07) is 1.63. The predicted octanol–water partition coefficient (Wildman–Crippen LogP) is 1.19. The third-order valence-corrected chi connectivity index (χ3v) is 5.45. The molecule has 1 heterocycles. The Morgan fingerprint density at radius 2 is 2.14 bits per heavy atom. The quantitative estimate of drug-likeness (QED) is 0.594. The van der Waals surface area contributed by atoms with Crippen molar-refractivity contribution in [2.45, 2.75) is 30.9 Å². The van der Waals surface area contributed by atoms with Crippen molar-refractivity contribution in [1.29, 1.82) is 0 Å². The zero-order chi connectivity index (χ0) is 15.7. The van der Waals surface area contributed by atoms with Crippen molar-refractivity contribution in [2.24, 2.45) is 0 Å². The van der Waals surface area contributed by atoms with Crippen molar-refractivity contribution in [3.8, 4) is 0 Å². The highest BCUT2D eigenvalue weighted by molar-refractivity contribution is 7.89. The van der Waals surface area contributed by atoms with Gasteiger partial charge in [0.05, 0.1) is 17.6 Å². The lowest BCUT2D eigenvalue weighted by Gasteiger charge is -2.15. The normalized spacial score (nSPS) is 13.5. The average Bonchev–Trinajstić information content (AvgIpc) is 2.93. The molecule has 0 aliphatic rings. The minimum absolute atomic E-state index is 0.185. The van der Waals surface area contributed by atoms with Crippen LogP contribution in [0.25, 0.3) is 0 Å². The monoisotopic (exact) mass is 336 g/mol. The van der Waals surface area contributed by atoms with Crippen molar-refractivity contribution in [3.05, 3.63) is 16.3 Å². The van der Waals surface area contributed by atoms with E-state index in [1.54, 1.807) is 18.6 Å². The summed E-state index contributed by atoms with van der Waals surface area (Å²) in [4.78, 5) is 1.15. The van der Waals surface area contributed by atoms with E-state index >= 15 is 0 Å². The Labute approximate surface area is 130 Å². The van der Waals surface area contributed by atoms with E-state index in [1.807, 2.05) is 0 Å². The minimum Gasteiger partial charge on any atom is -0.382 e. The Bertz CT molecular complexity index is 502. The number of nitrogens with one attached hydrogen (secondary N) is 2. The van der Waals surface area contributed by atoms with Gasteiger partial charge in [0.15, 0.2) is 0 Å². The van der Waals surface area contributed by atoms with Crippen LogP contribution in [0.3, 0.4) is 0 Å². The molecule has 1 rings (SSSR count). The second-order valence-electron chi connectivity index (χ2n) is 4.55. The van der Waals surface area contributed by atoms with Crippen molar-refractivity contribution < 1.29 is 17.9 Å². The van der Waals surface area contributed by atoms with Crippen molar-refractivity contribution in [2.75, 3.05) is 33.9 Å². The van der Waals surface area contributed by atoms with Gasteiger partial charge in [0, 0.05) is 32.2 Å². The Morgan fingerprint density at radius 3 is 2.76 bits per heavy atom. The molecule has 122 valence electrons. The smallest absolute Gasteiger partial charge is 0.241 e. The molecule has 8 heteroatoms. The van der Waals surface area contributed by atoms with E-state index in [1.165, 1.54) is 18.4 Å². The zero-order valence-corrected chi connectivity index (χ0v) is 14.4. The van der Waals surface area contributed by atoms with Crippen LogP contribution in [0.5, 0.6) is 0 Å². The van der Waals surface area contributed by atoms with Crippen molar-refractivity contribution in [3.63, 3.8) is 0 Å². The van der Waals surface area contributed by atoms with Gasteiger partial charge in [-0.15, -0.1) is 11.3 Å². The van der Waals surface area contributed by atoms with E-state index in [0.29, 0.717) is 18.0 Å². The summed E-state index contributed by atoms with van der Waals surface area (Å²) >= 11 is 1.44. The molecule has 0 fully saturated rings. The summed E-state index contributed by atoms with van der Waals surface area (Å²) in [5, 5.41) is 5.01. The number of hydrogen-bond donors (Lipinski definition) is 2. The molecular weight excluding hydrogens is 312 g/mol. The molecule has 21 heavy (non-hydrogen) atoms. The third kappa shape index (κ3) is 6.01. The SMILES string of the molecule is CCCNCc1sccc1S(=O)(=O)NCC(COC)OC. The van der Waals surface area contributed by atoms with Crippen LogP contribution in [-0.4, -0.2) is 48.4 Å². The molecular formula is C13H24N2O4S2. The van der Waals surface area contributed by atoms with Crippen LogP contribution in [0.15, 0.2) is 16.3 Å². The molecule has 2 N–H and O–H groups in total. The molecule has 1 unspecified atom stereocenters. The van der Waals surface area contributed by atoms with Crippen LogP contribution in [-0.2, 0) is 26.0 Å². The molecule has 0 saturated heterocycles. The van der Waals surface area contributed by atoms with Crippen LogP contribution in [0.4, 0.5) is 0 Å². The van der Waals surface area contributed by atoms with Crippen LogP contribution in [0, 0.1) is 0 Å². The number of thiophene rings is 1. The minimum atomic E-state index is -3.52. The zero-order valence-electron chi connectivity index (χ0n) is 12.7. The first-order chi connectivity index (χ1) is 10.0. The fraction of sp³-hybridized carbons (Fsp3) is 0.692. The highest BCUT2D eigenvalue weighted by Gasteiger charge is 2.21. The lowest BCUT2D eigenvalue weighted by molar-refractivity contribution is 0.0320. The van der Waals surface area contributed by atoms with Gasteiger partial charge in [-0.05, 0) is 24.4 Å². The number of methoxy groups -OCH3 is 2. The number of hydrogen-bond acceptors (Lipinski definition) is 6. The number of rotatable bonds is 11. The van der Waals surface area contributed by atoms with Gasteiger partial charge in [0.25, 0.3) is 0 Å². The van der Waals surface area contributed by atoms with Crippen LogP contribution in [0.2, 0.25) is 0 Å². The Hall–Kier alpha value is -0.510. The maximum atomic E-state index is 12.3. The van der Waals surface area contributed by atoms with Gasteiger partial charge in [-0.2, -0.15) is 0 Å². The first-order valence-electron chi connectivity index (χ1n) is 6.83. The molecule has 6 nitrogen and oxygen atoms in total. The topological polar surface area (TPSA) is 76.7 Å². The molecule has 1 aromatic rings. The third-order valence-electron chi connectivity index (χ3n) is 2.89. The maximum absolute atomic E-state index is 12.3. The second kappa shape index (κ2) is 9.50. The largest absolute Gasteiger partial charge is 0.382 e. The first kappa shape index (κ1) is 18.5. The standard InChI is InChI=1S/C13H24N2O4S2/c1-4-6-14-9-12-13(5-7-20-12)21(16,17)15-8-11(19-3)10-18-2/h5,7,11,14-15H,4,6,8-10H2,1-3H3. The van der Waals surface area contributed by atoms with E-state index in [4.69, 9.17) is 9.47 Å². The molecule has 0 aliphatic carbocycles. The molecule has 1 atom stereocenters. The van der Waals surface area contributed by atoms with Gasteiger partial charge in [-0.25, -0.2) is 13.1 Å². The van der Waals surface area contributed by atoms with E-state index in [2.05, 4.69) is 17.0 Å². The van der Waals surface area contributed by atoms with Crippen molar-refractivity contribution in [1.82, 2.24) is 10.0 Å². The lowest BCUT2D eigenvalue weighted by Crippen LogP contribution is -2.35. The van der Waals surface area contributed by atoms with E-state index in [-0.39, 0.29) is 12.6 Å². The Morgan fingerprint density at radius 1 is 1.38 bits per heavy atom. The summed E-state index contributed by atoms with van der Waals surface area (Å²) in [7, 11) is -0.440. The summed E-state index contributed by atoms with van der Waals surface area (Å²) in [6.07, 6.45) is 0.711. The molecule has 0 aromatic carbocycles. The van der Waals surface area contributed by atoms with Gasteiger partial charge in [0.2, 0.25) is 10.0 Å². The fourth-order valence-corrected chi connectivity index (χ4v) is 4.23. The Balaban J connectivity index is 2.67. The van der Waals surface area contributed by atoms with Gasteiger partial charge in [-0.1, -0.05) is 6.92 Å². The summed E-state index contributed by atoms with van der Waals surface area (Å²) in [6.45, 7) is 4.02. The average molecular weight is 336 g/mol. The van der Waals surface area contributed by atoms with E-state index in [9.17, 15) is 8.42 Å². The Kier molecular flexibility index (Phi) is 8.38. The van der Waals surface area contributed by atoms with E-state index in [0.717, 1.165) is 17.8 Å². The van der Waals surface area contributed by atoms with Crippen LogP contribution >= 0.6 is 11.3 Å². The van der Waals surface area contributed by atoms with Gasteiger partial charge >= 0.3 is 0 Å². The van der Waals surface area contributed by atoms with E-state index < -0.39 is 10.0 Å². The maximum Gasteiger partial charge on any atom is 0.241 e. The molecule has 0 aliphatic heterocycles. The molecule has 0 spiro atoms. The van der Waals surface area contributed by atoms with Gasteiger partial charge in [0.1, 0.15) is 0 Å². The molecule has 1 aromatic heterocycles. The summed E-state index contributed by atoms with van der Waals surface area (Å²) in [5.74, 6) is 0. The van der Waals surface area contributed by atoms with Crippen LogP contribution in [0.1, 0.15) is 18.2 Å². The van der Waals surface area contributed by atoms with Gasteiger partial charge < -0.3 is 14.8 Å². The molecule has 0 amide bonds. The highest BCUT2D eigenvalue weighted by atomic mass is 32.2. The van der Waals surface area contributed by atoms with Crippen molar-refractivity contribution >= 4 is 21.4 Å². The predicted molar refractivity (Wildman–Crippen MR) is 84.2 cm³/mol. The van der Waals surface area contributed by atoms with Gasteiger partial charge in [-0.3, -0.25) is 0 Å². The lowest BCUT2D eigenvalue weighted by atomic mass is 10.4. The molecule has 0 bridgehead atoms. The van der Waals surface area contributed by atoms with Crippen LogP contribution < -0.4 is 10.0 Å². The number of ether oxygens (including phenoxy) is 2. The second-order valence-corrected chi connectivity index (χ2v) is 7.29. The summed E-state index contributed by atoms with van der Waals surface area (Å²) < 4.78 is 37.4. The highest BCUT2D eigenvalue weighted by Crippen LogP contribution is 2.21.